The van der Waals surface area contributed by atoms with E-state index >= 15 is 0 Å². The Morgan fingerprint density at radius 1 is 1.11 bits per heavy atom. The summed E-state index contributed by atoms with van der Waals surface area (Å²) >= 11 is 2.89. The van der Waals surface area contributed by atoms with E-state index in [2.05, 4.69) is 30.6 Å². The van der Waals surface area contributed by atoms with E-state index in [-0.39, 0.29) is 17.7 Å². The number of aliphatic hydroxyl groups excluding tert-OH is 2. The largest absolute Gasteiger partial charge is 0.405 e. The Morgan fingerprint density at radius 2 is 1.92 bits per heavy atom. The topological polar surface area (TPSA) is 116 Å². The Kier molecular flexibility index (Phi) is 6.81. The minimum atomic E-state index is -4.44. The zero-order valence-corrected chi connectivity index (χ0v) is 20.7. The Labute approximate surface area is 212 Å². The summed E-state index contributed by atoms with van der Waals surface area (Å²) < 4.78 is 39.4. The van der Waals surface area contributed by atoms with Crippen LogP contribution < -0.4 is 10.6 Å². The van der Waals surface area contributed by atoms with Crippen LogP contribution in [0.25, 0.3) is 20.8 Å². The van der Waals surface area contributed by atoms with E-state index in [1.807, 2.05) is 29.6 Å². The number of thiazole rings is 2. The standard InChI is InChI=1S/C23H23F3N6O2S2/c1-11-17(21-31-13-4-2-3-5-15(13)36-21)20(32-22(29-11)28-10-23(24,25)26)30-14-8-12(18(33)19(14)34)9-16-27-6-7-35-16/h2-7,12,14,18-19,33-34H,8-10H2,1H3,(H2,28,29,30,32). The number of halogens is 3. The second-order valence-corrected chi connectivity index (χ2v) is 10.7. The first kappa shape index (κ1) is 24.8. The Bertz CT molecular complexity index is 1310. The van der Waals surface area contributed by atoms with Crippen LogP contribution in [0.5, 0.6) is 0 Å². The first-order valence-electron chi connectivity index (χ1n) is 11.2. The highest BCUT2D eigenvalue weighted by Crippen LogP contribution is 2.38. The summed E-state index contributed by atoms with van der Waals surface area (Å²) in [6.07, 6.45) is -3.89. The highest BCUT2D eigenvalue weighted by atomic mass is 32.1. The van der Waals surface area contributed by atoms with Crippen molar-refractivity contribution < 1.29 is 23.4 Å². The number of hydrogen-bond acceptors (Lipinski definition) is 10. The third-order valence-corrected chi connectivity index (χ3v) is 7.94. The fourth-order valence-corrected chi connectivity index (χ4v) is 6.17. The van der Waals surface area contributed by atoms with Crippen molar-refractivity contribution in [2.45, 2.75) is 44.2 Å². The van der Waals surface area contributed by atoms with Gasteiger partial charge in [0.25, 0.3) is 0 Å². The summed E-state index contributed by atoms with van der Waals surface area (Å²) in [4.78, 5) is 17.5. The van der Waals surface area contributed by atoms with Crippen LogP contribution in [0.1, 0.15) is 17.1 Å². The molecule has 1 aromatic carbocycles. The minimum absolute atomic E-state index is 0.190. The third kappa shape index (κ3) is 5.28. The van der Waals surface area contributed by atoms with Gasteiger partial charge in [0.05, 0.1) is 38.6 Å². The predicted molar refractivity (Wildman–Crippen MR) is 133 cm³/mol. The van der Waals surface area contributed by atoms with Crippen molar-refractivity contribution in [3.8, 4) is 10.6 Å². The van der Waals surface area contributed by atoms with Crippen LogP contribution in [0.2, 0.25) is 0 Å². The van der Waals surface area contributed by atoms with E-state index in [0.29, 0.717) is 29.1 Å². The van der Waals surface area contributed by atoms with Crippen molar-refractivity contribution in [3.05, 3.63) is 46.5 Å². The molecular formula is C23H23F3N6O2S2. The number of benzene rings is 1. The Hall–Kier alpha value is -2.87. The molecule has 0 amide bonds. The van der Waals surface area contributed by atoms with Crippen LogP contribution in [-0.4, -0.2) is 61.1 Å². The predicted octanol–water partition coefficient (Wildman–Crippen LogP) is 4.26. The molecule has 0 radical (unpaired) electrons. The molecule has 4 aromatic rings. The number of fused-ring (bicyclic) bond motifs is 1. The minimum Gasteiger partial charge on any atom is -0.390 e. The van der Waals surface area contributed by atoms with E-state index in [4.69, 9.17) is 0 Å². The van der Waals surface area contributed by atoms with Gasteiger partial charge in [-0.3, -0.25) is 0 Å². The summed E-state index contributed by atoms with van der Waals surface area (Å²) in [6, 6.07) is 6.99. The number of para-hydroxylation sites is 1. The average Bonchev–Trinajstić information content (AvgIpc) is 3.54. The maximum absolute atomic E-state index is 12.8. The summed E-state index contributed by atoms with van der Waals surface area (Å²) in [6.45, 7) is 0.394. The molecule has 3 aromatic heterocycles. The van der Waals surface area contributed by atoms with E-state index in [1.165, 1.54) is 22.7 Å². The molecule has 0 aliphatic heterocycles. The number of rotatable bonds is 7. The van der Waals surface area contributed by atoms with E-state index in [1.54, 1.807) is 13.1 Å². The van der Waals surface area contributed by atoms with Crippen LogP contribution in [0.4, 0.5) is 24.9 Å². The number of aryl methyl sites for hydroxylation is 1. The molecular weight excluding hydrogens is 513 g/mol. The number of nitrogens with one attached hydrogen (secondary N) is 2. The molecule has 8 nitrogen and oxygen atoms in total. The summed E-state index contributed by atoms with van der Waals surface area (Å²) in [5.41, 5.74) is 1.75. The van der Waals surface area contributed by atoms with Gasteiger partial charge in [-0.15, -0.1) is 22.7 Å². The second-order valence-electron chi connectivity index (χ2n) is 8.67. The molecule has 3 heterocycles. The molecule has 1 aliphatic carbocycles. The number of anilines is 2. The summed E-state index contributed by atoms with van der Waals surface area (Å²) in [5, 5.41) is 30.2. The highest BCUT2D eigenvalue weighted by Gasteiger charge is 2.42. The lowest BCUT2D eigenvalue weighted by Gasteiger charge is -2.21. The van der Waals surface area contributed by atoms with Gasteiger partial charge in [0, 0.05) is 18.0 Å². The lowest BCUT2D eigenvalue weighted by atomic mass is 10.0. The van der Waals surface area contributed by atoms with Gasteiger partial charge in [0.1, 0.15) is 23.5 Å². The highest BCUT2D eigenvalue weighted by molar-refractivity contribution is 7.21. The zero-order valence-electron chi connectivity index (χ0n) is 19.0. The SMILES string of the molecule is Cc1nc(NCC(F)(F)F)nc(NC2CC(Cc3nccs3)C(O)C2O)c1-c1nc2ccccc2s1. The van der Waals surface area contributed by atoms with Crippen molar-refractivity contribution >= 4 is 44.7 Å². The van der Waals surface area contributed by atoms with E-state index in [0.717, 1.165) is 15.2 Å². The van der Waals surface area contributed by atoms with Crippen LogP contribution in [0.3, 0.4) is 0 Å². The molecule has 36 heavy (non-hydrogen) atoms. The van der Waals surface area contributed by atoms with Gasteiger partial charge >= 0.3 is 6.18 Å². The number of hydrogen-bond donors (Lipinski definition) is 4. The van der Waals surface area contributed by atoms with Crippen molar-refractivity contribution in [3.63, 3.8) is 0 Å². The molecule has 1 saturated carbocycles. The van der Waals surface area contributed by atoms with Crippen molar-refractivity contribution in [1.29, 1.82) is 0 Å². The van der Waals surface area contributed by atoms with Gasteiger partial charge in [-0.2, -0.15) is 18.2 Å². The van der Waals surface area contributed by atoms with Gasteiger partial charge in [-0.1, -0.05) is 12.1 Å². The monoisotopic (exact) mass is 536 g/mol. The summed E-state index contributed by atoms with van der Waals surface area (Å²) in [7, 11) is 0. The number of aliphatic hydroxyl groups is 2. The fourth-order valence-electron chi connectivity index (χ4n) is 4.39. The van der Waals surface area contributed by atoms with Crippen molar-refractivity contribution in [2.75, 3.05) is 17.2 Å². The lowest BCUT2D eigenvalue weighted by Crippen LogP contribution is -2.35. The quantitative estimate of drug-likeness (QED) is 0.277. The van der Waals surface area contributed by atoms with E-state index < -0.39 is 31.0 Å². The maximum Gasteiger partial charge on any atom is 0.405 e. The van der Waals surface area contributed by atoms with Gasteiger partial charge in [-0.25, -0.2) is 15.0 Å². The van der Waals surface area contributed by atoms with Crippen LogP contribution in [-0.2, 0) is 6.42 Å². The Morgan fingerprint density at radius 3 is 2.64 bits per heavy atom. The molecule has 4 N–H and O–H groups in total. The van der Waals surface area contributed by atoms with Crippen LogP contribution >= 0.6 is 22.7 Å². The fraction of sp³-hybridized carbons (Fsp3) is 0.391. The molecule has 190 valence electrons. The maximum atomic E-state index is 12.8. The number of alkyl halides is 3. The van der Waals surface area contributed by atoms with Crippen LogP contribution in [0, 0.1) is 12.8 Å². The van der Waals surface area contributed by atoms with Gasteiger partial charge in [0.2, 0.25) is 5.95 Å². The smallest absolute Gasteiger partial charge is 0.390 e. The molecule has 13 heteroatoms. The average molecular weight is 537 g/mol. The van der Waals surface area contributed by atoms with Gasteiger partial charge in [-0.05, 0) is 31.4 Å². The second kappa shape index (κ2) is 9.88. The van der Waals surface area contributed by atoms with Gasteiger partial charge < -0.3 is 20.8 Å². The summed E-state index contributed by atoms with van der Waals surface area (Å²) in [5.74, 6) is -0.178. The molecule has 0 saturated heterocycles. The van der Waals surface area contributed by atoms with E-state index in [9.17, 15) is 23.4 Å². The zero-order chi connectivity index (χ0) is 25.4. The Balaban J connectivity index is 1.48. The molecule has 0 bridgehead atoms. The molecule has 0 spiro atoms. The number of nitrogens with zero attached hydrogens (tertiary/aromatic N) is 4. The molecule has 4 unspecified atom stereocenters. The first-order valence-corrected chi connectivity index (χ1v) is 12.9. The normalized spacial score (nSPS) is 22.3. The number of aromatic nitrogens is 4. The van der Waals surface area contributed by atoms with Crippen molar-refractivity contribution in [1.82, 2.24) is 19.9 Å². The third-order valence-electron chi connectivity index (χ3n) is 6.09. The van der Waals surface area contributed by atoms with Crippen LogP contribution in [0.15, 0.2) is 35.8 Å². The molecule has 4 atom stereocenters. The molecule has 5 rings (SSSR count). The lowest BCUT2D eigenvalue weighted by molar-refractivity contribution is -0.115. The first-order chi connectivity index (χ1) is 17.2. The van der Waals surface area contributed by atoms with Gasteiger partial charge in [0.15, 0.2) is 0 Å². The molecule has 1 fully saturated rings. The molecule has 1 aliphatic rings. The van der Waals surface area contributed by atoms with Crippen molar-refractivity contribution in [2.24, 2.45) is 5.92 Å².